The van der Waals surface area contributed by atoms with E-state index in [4.69, 9.17) is 0 Å². The van der Waals surface area contributed by atoms with Gasteiger partial charge in [0.1, 0.15) is 17.7 Å². The normalized spacial score (nSPS) is 18.7. The van der Waals surface area contributed by atoms with Gasteiger partial charge in [0, 0.05) is 24.5 Å². The zero-order chi connectivity index (χ0) is 26.7. The first-order valence-electron chi connectivity index (χ1n) is 12.5. The zero-order valence-electron chi connectivity index (χ0n) is 20.6. The van der Waals surface area contributed by atoms with Crippen molar-refractivity contribution >= 4 is 17.4 Å². The van der Waals surface area contributed by atoms with Crippen molar-refractivity contribution in [2.24, 2.45) is 0 Å². The standard InChI is InChI=1S/C26H30F6N4O/c1-17-14-18(26(30,31)32)15-23(33-17)36-12-4-6-22(36)25(37)35(13-5-11-34-9-2-3-10-34)19-7-8-21(27)20(16-19)24(28)29/h7-8,14-16,22,24H,2-6,9-13H2,1H3/t22-/m0/s1. The van der Waals surface area contributed by atoms with Crippen molar-refractivity contribution in [3.8, 4) is 0 Å². The molecule has 1 aromatic heterocycles. The molecule has 2 aliphatic rings. The number of carbonyl (C=O) groups is 1. The number of pyridine rings is 1. The van der Waals surface area contributed by atoms with E-state index in [9.17, 15) is 31.1 Å². The van der Waals surface area contributed by atoms with Gasteiger partial charge in [0.25, 0.3) is 6.43 Å². The molecule has 0 saturated carbocycles. The van der Waals surface area contributed by atoms with Crippen molar-refractivity contribution in [2.75, 3.05) is 42.5 Å². The van der Waals surface area contributed by atoms with Crippen LogP contribution in [0.25, 0.3) is 0 Å². The Morgan fingerprint density at radius 2 is 1.84 bits per heavy atom. The van der Waals surface area contributed by atoms with E-state index in [1.165, 1.54) is 17.9 Å². The topological polar surface area (TPSA) is 39.7 Å². The van der Waals surface area contributed by atoms with Gasteiger partial charge in [-0.15, -0.1) is 0 Å². The summed E-state index contributed by atoms with van der Waals surface area (Å²) in [5.41, 5.74) is -1.34. The van der Waals surface area contributed by atoms with Gasteiger partial charge >= 0.3 is 6.18 Å². The van der Waals surface area contributed by atoms with Gasteiger partial charge in [-0.25, -0.2) is 18.2 Å². The number of likely N-dealkylation sites (tertiary alicyclic amines) is 1. The Morgan fingerprint density at radius 3 is 2.51 bits per heavy atom. The number of anilines is 2. The summed E-state index contributed by atoms with van der Waals surface area (Å²) in [7, 11) is 0. The summed E-state index contributed by atoms with van der Waals surface area (Å²) in [4.78, 5) is 23.3. The molecule has 0 bridgehead atoms. The van der Waals surface area contributed by atoms with Crippen LogP contribution >= 0.6 is 0 Å². The van der Waals surface area contributed by atoms with E-state index in [-0.39, 0.29) is 23.7 Å². The second-order valence-electron chi connectivity index (χ2n) is 9.60. The van der Waals surface area contributed by atoms with E-state index in [2.05, 4.69) is 9.88 Å². The van der Waals surface area contributed by atoms with E-state index < -0.39 is 41.5 Å². The van der Waals surface area contributed by atoms with E-state index in [1.54, 1.807) is 4.90 Å². The van der Waals surface area contributed by atoms with Crippen molar-refractivity contribution in [2.45, 2.75) is 57.7 Å². The van der Waals surface area contributed by atoms with Crippen LogP contribution in [0, 0.1) is 12.7 Å². The molecular formula is C26H30F6N4O. The van der Waals surface area contributed by atoms with Gasteiger partial charge in [-0.3, -0.25) is 4.79 Å². The number of alkyl halides is 5. The molecule has 1 aromatic carbocycles. The Bertz CT molecular complexity index is 1100. The molecule has 0 spiro atoms. The fourth-order valence-electron chi connectivity index (χ4n) is 5.13. The van der Waals surface area contributed by atoms with E-state index >= 15 is 0 Å². The van der Waals surface area contributed by atoms with Gasteiger partial charge in [-0.2, -0.15) is 13.2 Å². The average molecular weight is 529 g/mol. The minimum atomic E-state index is -4.57. The molecular weight excluding hydrogens is 498 g/mol. The molecule has 2 aromatic rings. The second kappa shape index (κ2) is 11.3. The van der Waals surface area contributed by atoms with Crippen LogP contribution in [-0.2, 0) is 11.0 Å². The second-order valence-corrected chi connectivity index (χ2v) is 9.60. The van der Waals surface area contributed by atoms with Gasteiger partial charge < -0.3 is 14.7 Å². The zero-order valence-corrected chi connectivity index (χ0v) is 20.6. The molecule has 2 saturated heterocycles. The number of hydrogen-bond acceptors (Lipinski definition) is 4. The Hall–Kier alpha value is -2.82. The maximum atomic E-state index is 14.0. The monoisotopic (exact) mass is 528 g/mol. The number of aromatic nitrogens is 1. The van der Waals surface area contributed by atoms with Crippen LogP contribution in [0.5, 0.6) is 0 Å². The lowest BCUT2D eigenvalue weighted by atomic mass is 10.1. The first-order valence-corrected chi connectivity index (χ1v) is 12.5. The van der Waals surface area contributed by atoms with Crippen molar-refractivity contribution in [3.63, 3.8) is 0 Å². The molecule has 2 aliphatic heterocycles. The maximum absolute atomic E-state index is 14.0. The lowest BCUT2D eigenvalue weighted by Crippen LogP contribution is -2.47. The fraction of sp³-hybridized carbons (Fsp3) is 0.538. The summed E-state index contributed by atoms with van der Waals surface area (Å²) in [6.45, 7) is 4.63. The number of aryl methyl sites for hydroxylation is 1. The van der Waals surface area contributed by atoms with E-state index in [0.717, 1.165) is 56.7 Å². The van der Waals surface area contributed by atoms with E-state index in [0.29, 0.717) is 25.8 Å². The molecule has 5 nitrogen and oxygen atoms in total. The number of carbonyl (C=O) groups excluding carboxylic acids is 1. The summed E-state index contributed by atoms with van der Waals surface area (Å²) < 4.78 is 81.1. The third-order valence-electron chi connectivity index (χ3n) is 6.95. The molecule has 202 valence electrons. The van der Waals surface area contributed by atoms with Crippen molar-refractivity contribution < 1.29 is 31.1 Å². The highest BCUT2D eigenvalue weighted by Gasteiger charge is 2.37. The van der Waals surface area contributed by atoms with Crippen LogP contribution in [-0.4, -0.2) is 54.6 Å². The van der Waals surface area contributed by atoms with Crippen LogP contribution in [0.4, 0.5) is 37.8 Å². The van der Waals surface area contributed by atoms with Crippen LogP contribution in [0.3, 0.4) is 0 Å². The predicted octanol–water partition coefficient (Wildman–Crippen LogP) is 5.97. The summed E-state index contributed by atoms with van der Waals surface area (Å²) in [5.74, 6) is -1.44. The average Bonchev–Trinajstić information content (AvgIpc) is 3.53. The maximum Gasteiger partial charge on any atom is 0.416 e. The lowest BCUT2D eigenvalue weighted by Gasteiger charge is -2.32. The van der Waals surface area contributed by atoms with Crippen LogP contribution in [0.2, 0.25) is 0 Å². The minimum Gasteiger partial charge on any atom is -0.345 e. The molecule has 0 radical (unpaired) electrons. The Balaban J connectivity index is 1.62. The Labute approximate surface area is 212 Å². The summed E-state index contributed by atoms with van der Waals surface area (Å²) in [6, 6.07) is 4.26. The number of benzene rings is 1. The fourth-order valence-corrected chi connectivity index (χ4v) is 5.13. The Morgan fingerprint density at radius 1 is 1.11 bits per heavy atom. The smallest absolute Gasteiger partial charge is 0.345 e. The largest absolute Gasteiger partial charge is 0.416 e. The van der Waals surface area contributed by atoms with Gasteiger partial charge in [0.05, 0.1) is 11.1 Å². The summed E-state index contributed by atoms with van der Waals surface area (Å²) in [5, 5.41) is 0. The predicted molar refractivity (Wildman–Crippen MR) is 128 cm³/mol. The molecule has 4 rings (SSSR count). The molecule has 11 heteroatoms. The minimum absolute atomic E-state index is 0.0487. The Kier molecular flexibility index (Phi) is 8.30. The number of rotatable bonds is 8. The first-order chi connectivity index (χ1) is 17.5. The van der Waals surface area contributed by atoms with Gasteiger partial charge in [-0.05, 0) is 89.0 Å². The molecule has 2 fully saturated rings. The quantitative estimate of drug-likeness (QED) is 0.396. The molecule has 37 heavy (non-hydrogen) atoms. The summed E-state index contributed by atoms with van der Waals surface area (Å²) >= 11 is 0. The van der Waals surface area contributed by atoms with Crippen LogP contribution in [0.1, 0.15) is 55.4 Å². The van der Waals surface area contributed by atoms with Crippen LogP contribution in [0.15, 0.2) is 30.3 Å². The number of nitrogens with zero attached hydrogens (tertiary/aromatic N) is 4. The van der Waals surface area contributed by atoms with E-state index in [1.807, 2.05) is 0 Å². The van der Waals surface area contributed by atoms with Gasteiger partial charge in [-0.1, -0.05) is 0 Å². The molecule has 1 amide bonds. The highest BCUT2D eigenvalue weighted by molar-refractivity contribution is 5.99. The molecule has 1 atom stereocenters. The number of halogens is 6. The number of amides is 1. The van der Waals surface area contributed by atoms with Crippen molar-refractivity contribution in [1.29, 1.82) is 0 Å². The molecule has 0 N–H and O–H groups in total. The highest BCUT2D eigenvalue weighted by atomic mass is 19.4. The molecule has 3 heterocycles. The molecule has 0 aliphatic carbocycles. The van der Waals surface area contributed by atoms with Crippen molar-refractivity contribution in [3.05, 3.63) is 53.0 Å². The summed E-state index contributed by atoms with van der Waals surface area (Å²) in [6.07, 6.45) is -3.93. The number of hydrogen-bond donors (Lipinski definition) is 0. The molecule has 0 unspecified atom stereocenters. The van der Waals surface area contributed by atoms with Gasteiger partial charge in [0.15, 0.2) is 0 Å². The van der Waals surface area contributed by atoms with Crippen LogP contribution < -0.4 is 9.80 Å². The van der Waals surface area contributed by atoms with Gasteiger partial charge in [0.2, 0.25) is 5.91 Å². The highest BCUT2D eigenvalue weighted by Crippen LogP contribution is 2.35. The third-order valence-corrected chi connectivity index (χ3v) is 6.95. The lowest BCUT2D eigenvalue weighted by molar-refractivity contribution is -0.137. The first kappa shape index (κ1) is 27.2. The SMILES string of the molecule is Cc1cc(C(F)(F)F)cc(N2CCC[C@H]2C(=O)N(CCCN2CCCC2)c2ccc(F)c(C(F)F)c2)n1. The third kappa shape index (κ3) is 6.37. The van der Waals surface area contributed by atoms with Crippen molar-refractivity contribution in [1.82, 2.24) is 9.88 Å².